The molecule has 1 N–H and O–H groups in total. The number of carbonyl (C=O) groups excluding carboxylic acids is 1. The van der Waals surface area contributed by atoms with Crippen LogP contribution >= 0.6 is 0 Å². The van der Waals surface area contributed by atoms with Crippen LogP contribution in [-0.4, -0.2) is 20.8 Å². The van der Waals surface area contributed by atoms with E-state index in [-0.39, 0.29) is 11.4 Å². The average molecular weight is 231 g/mol. The van der Waals surface area contributed by atoms with Crippen LogP contribution in [0.4, 0.5) is 0 Å². The van der Waals surface area contributed by atoms with E-state index in [4.69, 9.17) is 0 Å². The molecule has 2 aromatic heterocycles. The summed E-state index contributed by atoms with van der Waals surface area (Å²) in [6.07, 6.45) is 3.71. The maximum atomic E-state index is 12.0. The Morgan fingerprint density at radius 2 is 2.00 bits per heavy atom. The number of hydrogen-bond donors (Lipinski definition) is 1. The van der Waals surface area contributed by atoms with Gasteiger partial charge in [-0.15, -0.1) is 0 Å². The summed E-state index contributed by atoms with van der Waals surface area (Å²) in [6.45, 7) is 7.82. The molecule has 4 nitrogen and oxygen atoms in total. The van der Waals surface area contributed by atoms with Crippen LogP contribution in [0.5, 0.6) is 0 Å². The second-order valence-corrected chi connectivity index (χ2v) is 5.27. The SMILES string of the molecule is Cc1cn2cc(C(=O)NC(C)(C)C)ccc2n1. The van der Waals surface area contributed by atoms with E-state index in [1.54, 1.807) is 12.3 Å². The first-order valence-corrected chi connectivity index (χ1v) is 5.63. The molecule has 0 aromatic carbocycles. The van der Waals surface area contributed by atoms with Crippen LogP contribution in [0.3, 0.4) is 0 Å². The summed E-state index contributed by atoms with van der Waals surface area (Å²) >= 11 is 0. The number of nitrogens with one attached hydrogen (secondary N) is 1. The molecule has 0 atom stereocenters. The highest BCUT2D eigenvalue weighted by atomic mass is 16.1. The monoisotopic (exact) mass is 231 g/mol. The zero-order chi connectivity index (χ0) is 12.6. The smallest absolute Gasteiger partial charge is 0.253 e. The minimum Gasteiger partial charge on any atom is -0.347 e. The molecule has 0 aliphatic rings. The summed E-state index contributed by atoms with van der Waals surface area (Å²) in [4.78, 5) is 16.3. The lowest BCUT2D eigenvalue weighted by atomic mass is 10.1. The summed E-state index contributed by atoms with van der Waals surface area (Å²) in [5, 5.41) is 2.93. The maximum absolute atomic E-state index is 12.0. The number of carbonyl (C=O) groups is 1. The van der Waals surface area contributed by atoms with Crippen LogP contribution in [-0.2, 0) is 0 Å². The van der Waals surface area contributed by atoms with Crippen molar-refractivity contribution in [2.24, 2.45) is 0 Å². The quantitative estimate of drug-likeness (QED) is 0.817. The van der Waals surface area contributed by atoms with Gasteiger partial charge in [-0.2, -0.15) is 0 Å². The predicted octanol–water partition coefficient (Wildman–Crippen LogP) is 2.17. The Balaban J connectivity index is 2.33. The predicted molar refractivity (Wildman–Crippen MR) is 67.1 cm³/mol. The number of rotatable bonds is 1. The zero-order valence-corrected chi connectivity index (χ0v) is 10.6. The van der Waals surface area contributed by atoms with Crippen molar-refractivity contribution in [3.05, 3.63) is 35.8 Å². The van der Waals surface area contributed by atoms with Crippen molar-refractivity contribution in [3.8, 4) is 0 Å². The van der Waals surface area contributed by atoms with Gasteiger partial charge in [0.15, 0.2) is 0 Å². The molecule has 0 radical (unpaired) electrons. The normalized spacial score (nSPS) is 11.8. The first kappa shape index (κ1) is 11.6. The third-order valence-corrected chi connectivity index (χ3v) is 2.32. The highest BCUT2D eigenvalue weighted by molar-refractivity contribution is 5.94. The van der Waals surface area contributed by atoms with Crippen molar-refractivity contribution < 1.29 is 4.79 Å². The van der Waals surface area contributed by atoms with Gasteiger partial charge in [0.05, 0.1) is 11.3 Å². The molecule has 0 fully saturated rings. The van der Waals surface area contributed by atoms with E-state index in [1.165, 1.54) is 0 Å². The molecule has 17 heavy (non-hydrogen) atoms. The molecule has 90 valence electrons. The minimum atomic E-state index is -0.225. The van der Waals surface area contributed by atoms with E-state index >= 15 is 0 Å². The first-order chi connectivity index (χ1) is 7.85. The Hall–Kier alpha value is -1.84. The Bertz CT molecular complexity index is 564. The fraction of sp³-hybridized carbons (Fsp3) is 0.385. The summed E-state index contributed by atoms with van der Waals surface area (Å²) in [6, 6.07) is 3.65. The first-order valence-electron chi connectivity index (χ1n) is 5.63. The summed E-state index contributed by atoms with van der Waals surface area (Å²) < 4.78 is 1.87. The van der Waals surface area contributed by atoms with Crippen LogP contribution in [0.1, 0.15) is 36.8 Å². The van der Waals surface area contributed by atoms with Crippen LogP contribution in [0.25, 0.3) is 5.65 Å². The van der Waals surface area contributed by atoms with Crippen molar-refractivity contribution in [2.75, 3.05) is 0 Å². The lowest BCUT2D eigenvalue weighted by molar-refractivity contribution is 0.0919. The second kappa shape index (κ2) is 3.87. The van der Waals surface area contributed by atoms with E-state index < -0.39 is 0 Å². The summed E-state index contributed by atoms with van der Waals surface area (Å²) in [7, 11) is 0. The molecule has 4 heteroatoms. The van der Waals surface area contributed by atoms with Crippen molar-refractivity contribution >= 4 is 11.6 Å². The number of amides is 1. The van der Waals surface area contributed by atoms with Gasteiger partial charge < -0.3 is 9.72 Å². The fourth-order valence-corrected chi connectivity index (χ4v) is 1.67. The third kappa shape index (κ3) is 2.64. The number of fused-ring (bicyclic) bond motifs is 1. The van der Waals surface area contributed by atoms with Gasteiger partial charge in [-0.05, 0) is 39.8 Å². The van der Waals surface area contributed by atoms with Crippen molar-refractivity contribution in [2.45, 2.75) is 33.2 Å². The number of imidazole rings is 1. The molecule has 0 saturated heterocycles. The van der Waals surface area contributed by atoms with Gasteiger partial charge in [0.2, 0.25) is 0 Å². The Labute approximate surface area is 101 Å². The number of hydrogen-bond acceptors (Lipinski definition) is 2. The van der Waals surface area contributed by atoms with Crippen molar-refractivity contribution in [3.63, 3.8) is 0 Å². The van der Waals surface area contributed by atoms with E-state index in [0.29, 0.717) is 5.56 Å². The number of pyridine rings is 1. The molecule has 0 saturated carbocycles. The number of nitrogens with zero attached hydrogens (tertiary/aromatic N) is 2. The Morgan fingerprint density at radius 3 is 2.65 bits per heavy atom. The van der Waals surface area contributed by atoms with E-state index in [9.17, 15) is 4.79 Å². The molecule has 0 spiro atoms. The minimum absolute atomic E-state index is 0.0641. The van der Waals surface area contributed by atoms with Gasteiger partial charge in [-0.25, -0.2) is 4.98 Å². The summed E-state index contributed by atoms with van der Waals surface area (Å²) in [5.74, 6) is -0.0641. The Kier molecular flexibility index (Phi) is 2.65. The van der Waals surface area contributed by atoms with Crippen molar-refractivity contribution in [1.82, 2.24) is 14.7 Å². The van der Waals surface area contributed by atoms with Crippen LogP contribution < -0.4 is 5.32 Å². The molecular weight excluding hydrogens is 214 g/mol. The molecule has 0 bridgehead atoms. The van der Waals surface area contributed by atoms with Gasteiger partial charge in [-0.1, -0.05) is 0 Å². The zero-order valence-electron chi connectivity index (χ0n) is 10.6. The highest BCUT2D eigenvalue weighted by Gasteiger charge is 2.15. The fourth-order valence-electron chi connectivity index (χ4n) is 1.67. The van der Waals surface area contributed by atoms with Crippen molar-refractivity contribution in [1.29, 1.82) is 0 Å². The van der Waals surface area contributed by atoms with Crippen LogP contribution in [0, 0.1) is 6.92 Å². The van der Waals surface area contributed by atoms with E-state index in [1.807, 2.05) is 44.4 Å². The van der Waals surface area contributed by atoms with E-state index in [2.05, 4.69) is 10.3 Å². The largest absolute Gasteiger partial charge is 0.347 e. The molecule has 0 aliphatic carbocycles. The van der Waals surface area contributed by atoms with Gasteiger partial charge in [0, 0.05) is 17.9 Å². The lowest BCUT2D eigenvalue weighted by Crippen LogP contribution is -2.40. The number of aryl methyl sites for hydroxylation is 1. The molecule has 0 aliphatic heterocycles. The third-order valence-electron chi connectivity index (χ3n) is 2.32. The van der Waals surface area contributed by atoms with E-state index in [0.717, 1.165) is 11.3 Å². The van der Waals surface area contributed by atoms with Gasteiger partial charge >= 0.3 is 0 Å². The molecule has 2 aromatic rings. The second-order valence-electron chi connectivity index (χ2n) is 5.27. The van der Waals surface area contributed by atoms with Gasteiger partial charge in [0.25, 0.3) is 5.91 Å². The topological polar surface area (TPSA) is 46.4 Å². The molecule has 0 unspecified atom stereocenters. The van der Waals surface area contributed by atoms with Gasteiger partial charge in [0.1, 0.15) is 5.65 Å². The highest BCUT2D eigenvalue weighted by Crippen LogP contribution is 2.09. The summed E-state index contributed by atoms with van der Waals surface area (Å²) in [5.41, 5.74) is 2.22. The molecular formula is C13H17N3O. The molecule has 2 heterocycles. The lowest BCUT2D eigenvalue weighted by Gasteiger charge is -2.20. The van der Waals surface area contributed by atoms with Crippen LogP contribution in [0.2, 0.25) is 0 Å². The standard InChI is InChI=1S/C13H17N3O/c1-9-7-16-8-10(5-6-11(16)14-9)12(17)15-13(2,3)4/h5-8H,1-4H3,(H,15,17). The Morgan fingerprint density at radius 1 is 1.29 bits per heavy atom. The molecule has 2 rings (SSSR count). The maximum Gasteiger partial charge on any atom is 0.253 e. The van der Waals surface area contributed by atoms with Gasteiger partial charge in [-0.3, -0.25) is 4.79 Å². The molecule has 1 amide bonds. The average Bonchev–Trinajstić information content (AvgIpc) is 2.53. The number of aromatic nitrogens is 2. The van der Waals surface area contributed by atoms with Crippen LogP contribution in [0.15, 0.2) is 24.5 Å².